The second-order valence-corrected chi connectivity index (χ2v) is 5.97. The van der Waals surface area contributed by atoms with E-state index in [0.29, 0.717) is 25.3 Å². The van der Waals surface area contributed by atoms with Crippen LogP contribution in [0.2, 0.25) is 0 Å². The zero-order valence-corrected chi connectivity index (χ0v) is 12.9. The lowest BCUT2D eigenvalue weighted by Crippen LogP contribution is -2.49. The molecule has 22 heavy (non-hydrogen) atoms. The molecule has 0 aliphatic carbocycles. The number of aromatic nitrogens is 2. The first-order valence-corrected chi connectivity index (χ1v) is 7.48. The van der Waals surface area contributed by atoms with Gasteiger partial charge in [0, 0.05) is 38.8 Å². The van der Waals surface area contributed by atoms with Crippen LogP contribution in [0.1, 0.15) is 22.6 Å². The van der Waals surface area contributed by atoms with Gasteiger partial charge in [-0.05, 0) is 13.3 Å². The van der Waals surface area contributed by atoms with Crippen molar-refractivity contribution in [2.75, 3.05) is 33.3 Å². The number of aryl methyl sites for hydroxylation is 1. The van der Waals surface area contributed by atoms with Gasteiger partial charge in [-0.3, -0.25) is 14.6 Å². The molecule has 0 aromatic carbocycles. The summed E-state index contributed by atoms with van der Waals surface area (Å²) in [7, 11) is 1.78. The Morgan fingerprint density at radius 2 is 2.14 bits per heavy atom. The highest BCUT2D eigenvalue weighted by atomic mass is 16.5. The summed E-state index contributed by atoms with van der Waals surface area (Å²) in [4.78, 5) is 36.0. The highest BCUT2D eigenvalue weighted by Crippen LogP contribution is 2.24. The number of amides is 2. The molecule has 2 aliphatic rings. The number of nitrogens with zero attached hydrogens (tertiary/aromatic N) is 4. The van der Waals surface area contributed by atoms with Gasteiger partial charge in [0.2, 0.25) is 5.91 Å². The predicted octanol–water partition coefficient (Wildman–Crippen LogP) is 0.104. The van der Waals surface area contributed by atoms with Crippen LogP contribution in [0, 0.1) is 12.8 Å². The Labute approximate surface area is 129 Å². The Balaban J connectivity index is 1.71. The van der Waals surface area contributed by atoms with Crippen LogP contribution in [0.5, 0.6) is 0 Å². The van der Waals surface area contributed by atoms with E-state index in [1.807, 2.05) is 6.92 Å². The zero-order valence-electron chi connectivity index (χ0n) is 12.9. The molecule has 0 radical (unpaired) electrons. The third kappa shape index (κ3) is 2.94. The molecule has 118 valence electrons. The Bertz CT molecular complexity index is 575. The molecule has 3 rings (SSSR count). The van der Waals surface area contributed by atoms with Gasteiger partial charge in [0.25, 0.3) is 5.91 Å². The maximum absolute atomic E-state index is 12.5. The van der Waals surface area contributed by atoms with Gasteiger partial charge in [0.15, 0.2) is 0 Å². The van der Waals surface area contributed by atoms with Crippen LogP contribution in [0.25, 0.3) is 0 Å². The highest BCUT2D eigenvalue weighted by molar-refractivity contribution is 5.92. The van der Waals surface area contributed by atoms with E-state index in [2.05, 4.69) is 9.97 Å². The minimum absolute atomic E-state index is 0.00308. The van der Waals surface area contributed by atoms with Crippen molar-refractivity contribution < 1.29 is 14.3 Å². The number of fused-ring (bicyclic) bond motifs is 1. The van der Waals surface area contributed by atoms with Crippen molar-refractivity contribution in [3.05, 3.63) is 23.8 Å². The fraction of sp³-hybridized carbons (Fsp3) is 0.600. The van der Waals surface area contributed by atoms with Crippen LogP contribution in [0.15, 0.2) is 12.4 Å². The van der Waals surface area contributed by atoms with Gasteiger partial charge >= 0.3 is 0 Å². The Morgan fingerprint density at radius 1 is 1.32 bits per heavy atom. The fourth-order valence-electron chi connectivity index (χ4n) is 3.00. The first-order valence-electron chi connectivity index (χ1n) is 7.48. The van der Waals surface area contributed by atoms with Crippen molar-refractivity contribution in [3.63, 3.8) is 0 Å². The lowest BCUT2D eigenvalue weighted by molar-refractivity contribution is -0.133. The SMILES string of the molecule is Cc1cnc(C(=O)N2CC[C@@H]3OCC(=O)N(C)C[C@H]3C2)cn1. The number of ether oxygens (including phenoxy) is 1. The summed E-state index contributed by atoms with van der Waals surface area (Å²) in [6.07, 6.45) is 3.91. The molecular formula is C15H20N4O3. The average Bonchev–Trinajstić information content (AvgIpc) is 2.66. The van der Waals surface area contributed by atoms with Crippen LogP contribution in [0.3, 0.4) is 0 Å². The monoisotopic (exact) mass is 304 g/mol. The lowest BCUT2D eigenvalue weighted by atomic mass is 9.94. The first kappa shape index (κ1) is 14.9. The summed E-state index contributed by atoms with van der Waals surface area (Å²) in [5.74, 6) is 0.0356. The molecule has 2 amide bonds. The van der Waals surface area contributed by atoms with Crippen molar-refractivity contribution >= 4 is 11.8 Å². The van der Waals surface area contributed by atoms with E-state index in [0.717, 1.165) is 12.1 Å². The molecule has 1 aromatic rings. The van der Waals surface area contributed by atoms with E-state index < -0.39 is 0 Å². The number of carbonyl (C=O) groups is 2. The van der Waals surface area contributed by atoms with E-state index in [1.54, 1.807) is 23.0 Å². The number of likely N-dealkylation sites (N-methyl/N-ethyl adjacent to an activating group) is 1. The third-order valence-corrected chi connectivity index (χ3v) is 4.31. The minimum atomic E-state index is -0.107. The molecule has 7 nitrogen and oxygen atoms in total. The van der Waals surface area contributed by atoms with Gasteiger partial charge in [0.05, 0.1) is 18.0 Å². The number of hydrogen-bond donors (Lipinski definition) is 0. The minimum Gasteiger partial charge on any atom is -0.368 e. The van der Waals surface area contributed by atoms with Gasteiger partial charge in [0.1, 0.15) is 12.3 Å². The van der Waals surface area contributed by atoms with Crippen LogP contribution < -0.4 is 0 Å². The molecule has 7 heteroatoms. The van der Waals surface area contributed by atoms with Crippen molar-refractivity contribution in [1.82, 2.24) is 19.8 Å². The summed E-state index contributed by atoms with van der Waals surface area (Å²) in [5, 5.41) is 0. The fourth-order valence-corrected chi connectivity index (χ4v) is 3.00. The third-order valence-electron chi connectivity index (χ3n) is 4.31. The van der Waals surface area contributed by atoms with Crippen molar-refractivity contribution in [2.24, 2.45) is 5.92 Å². The van der Waals surface area contributed by atoms with E-state index in [-0.39, 0.29) is 30.4 Å². The number of rotatable bonds is 1. The Morgan fingerprint density at radius 3 is 2.86 bits per heavy atom. The number of likely N-dealkylation sites (tertiary alicyclic amines) is 1. The molecule has 0 saturated carbocycles. The molecule has 0 N–H and O–H groups in total. The quantitative estimate of drug-likeness (QED) is 0.736. The van der Waals surface area contributed by atoms with Crippen LogP contribution >= 0.6 is 0 Å². The summed E-state index contributed by atoms with van der Waals surface area (Å²) in [5.41, 5.74) is 1.15. The normalized spacial score (nSPS) is 25.6. The average molecular weight is 304 g/mol. The van der Waals surface area contributed by atoms with Crippen molar-refractivity contribution in [1.29, 1.82) is 0 Å². The van der Waals surface area contributed by atoms with Crippen LogP contribution in [-0.4, -0.2) is 71.0 Å². The number of carbonyl (C=O) groups excluding carboxylic acids is 2. The predicted molar refractivity (Wildman–Crippen MR) is 78.2 cm³/mol. The second-order valence-electron chi connectivity index (χ2n) is 5.97. The van der Waals surface area contributed by atoms with E-state index in [4.69, 9.17) is 4.74 Å². The molecule has 0 bridgehead atoms. The summed E-state index contributed by atoms with van der Waals surface area (Å²) < 4.78 is 5.68. The molecule has 2 aliphatic heterocycles. The topological polar surface area (TPSA) is 75.6 Å². The molecular weight excluding hydrogens is 284 g/mol. The first-order chi connectivity index (χ1) is 10.5. The van der Waals surface area contributed by atoms with Gasteiger partial charge < -0.3 is 14.5 Å². The van der Waals surface area contributed by atoms with E-state index in [9.17, 15) is 9.59 Å². The van der Waals surface area contributed by atoms with Crippen LogP contribution in [-0.2, 0) is 9.53 Å². The maximum atomic E-state index is 12.5. The van der Waals surface area contributed by atoms with Crippen molar-refractivity contribution in [3.8, 4) is 0 Å². The molecule has 1 aromatic heterocycles. The highest BCUT2D eigenvalue weighted by Gasteiger charge is 2.36. The zero-order chi connectivity index (χ0) is 15.7. The molecule has 0 unspecified atom stereocenters. The van der Waals surface area contributed by atoms with E-state index in [1.165, 1.54) is 6.20 Å². The van der Waals surface area contributed by atoms with Gasteiger partial charge in [-0.2, -0.15) is 0 Å². The van der Waals surface area contributed by atoms with E-state index >= 15 is 0 Å². The Hall–Kier alpha value is -2.02. The smallest absolute Gasteiger partial charge is 0.274 e. The largest absolute Gasteiger partial charge is 0.368 e. The number of hydrogen-bond acceptors (Lipinski definition) is 5. The molecule has 2 atom stereocenters. The van der Waals surface area contributed by atoms with Crippen LogP contribution in [0.4, 0.5) is 0 Å². The van der Waals surface area contributed by atoms with Gasteiger partial charge in [-0.1, -0.05) is 0 Å². The maximum Gasteiger partial charge on any atom is 0.274 e. The van der Waals surface area contributed by atoms with Crippen molar-refractivity contribution in [2.45, 2.75) is 19.4 Å². The molecule has 0 spiro atoms. The summed E-state index contributed by atoms with van der Waals surface area (Å²) >= 11 is 0. The second kappa shape index (κ2) is 6.00. The summed E-state index contributed by atoms with van der Waals surface area (Å²) in [6, 6.07) is 0. The van der Waals surface area contributed by atoms with Gasteiger partial charge in [-0.15, -0.1) is 0 Å². The standard InChI is InChI=1S/C15H20N4O3/c1-10-5-17-12(6-16-10)15(21)19-4-3-13-11(8-19)7-18(2)14(20)9-22-13/h5-6,11,13H,3-4,7-9H2,1-2H3/t11-,13-/m0/s1. The molecule has 2 saturated heterocycles. The van der Waals surface area contributed by atoms with Gasteiger partial charge in [-0.25, -0.2) is 4.98 Å². The molecule has 2 fully saturated rings. The molecule has 3 heterocycles. The number of piperidine rings is 1. The Kier molecular flexibility index (Phi) is 4.06. The summed E-state index contributed by atoms with van der Waals surface area (Å²) in [6.45, 7) is 3.79. The lowest BCUT2D eigenvalue weighted by Gasteiger charge is -2.37.